The van der Waals surface area contributed by atoms with Gasteiger partial charge in [0.05, 0.1) is 12.0 Å². The lowest BCUT2D eigenvalue weighted by molar-refractivity contribution is -0.446. The zero-order valence-corrected chi connectivity index (χ0v) is 10.0. The summed E-state index contributed by atoms with van der Waals surface area (Å²) in [7, 11) is 0. The molecular formula is C11H12INO. The second-order valence-electron chi connectivity index (χ2n) is 3.57. The van der Waals surface area contributed by atoms with E-state index >= 15 is 0 Å². The van der Waals surface area contributed by atoms with Crippen molar-refractivity contribution in [1.82, 2.24) is 0 Å². The largest absolute Gasteiger partial charge is 1.00 e. The molecule has 0 fully saturated rings. The van der Waals surface area contributed by atoms with Crippen LogP contribution in [0.5, 0.6) is 0 Å². The van der Waals surface area contributed by atoms with Gasteiger partial charge < -0.3 is 28.7 Å². The van der Waals surface area contributed by atoms with Gasteiger partial charge in [0.1, 0.15) is 6.61 Å². The molecule has 3 rings (SSSR count). The molecule has 0 radical (unpaired) electrons. The molecule has 0 saturated heterocycles. The highest BCUT2D eigenvalue weighted by Gasteiger charge is 2.31. The molecule has 1 aromatic carbocycles. The van der Waals surface area contributed by atoms with Crippen LogP contribution in [0.4, 0.5) is 5.69 Å². The van der Waals surface area contributed by atoms with Crippen LogP contribution in [0.3, 0.4) is 0 Å². The minimum atomic E-state index is 0. The molecule has 0 unspecified atom stereocenters. The molecule has 0 aliphatic carbocycles. The van der Waals surface area contributed by atoms with Crippen LogP contribution in [0, 0.1) is 0 Å². The number of para-hydroxylation sites is 1. The first-order valence-corrected chi connectivity index (χ1v) is 4.79. The van der Waals surface area contributed by atoms with Crippen LogP contribution in [0.15, 0.2) is 24.3 Å². The van der Waals surface area contributed by atoms with E-state index in [1.54, 1.807) is 0 Å². The monoisotopic (exact) mass is 301 g/mol. The summed E-state index contributed by atoms with van der Waals surface area (Å²) in [6.07, 6.45) is 2.33. The maximum atomic E-state index is 5.67. The van der Waals surface area contributed by atoms with E-state index in [1.165, 1.54) is 23.6 Å². The van der Waals surface area contributed by atoms with Crippen molar-refractivity contribution in [3.8, 4) is 0 Å². The van der Waals surface area contributed by atoms with Crippen molar-refractivity contribution in [3.63, 3.8) is 0 Å². The van der Waals surface area contributed by atoms with Crippen molar-refractivity contribution in [2.24, 2.45) is 0 Å². The van der Waals surface area contributed by atoms with Crippen LogP contribution in [-0.2, 0) is 11.3 Å². The Morgan fingerprint density at radius 2 is 2.07 bits per heavy atom. The topological polar surface area (TPSA) is 12.2 Å². The standard InChI is InChI=1S/C11H12NO.HI/c1-2-5-10-9(4-1)8-13-11-6-3-7-12(10)11;/h1-2,4-5H,3,6-8H2;1H/q+1;/p-1. The highest BCUT2D eigenvalue weighted by molar-refractivity contribution is 5.75. The Bertz CT molecular complexity index is 387. The molecule has 0 spiro atoms. The number of benzene rings is 1. The number of hydrogen-bond donors (Lipinski definition) is 0. The molecule has 2 nitrogen and oxygen atoms in total. The molecule has 0 atom stereocenters. The van der Waals surface area contributed by atoms with Crippen LogP contribution in [0.2, 0.25) is 0 Å². The molecule has 0 bridgehead atoms. The second-order valence-corrected chi connectivity index (χ2v) is 3.57. The Hall–Kier alpha value is -0.580. The maximum Gasteiger partial charge on any atom is 0.342 e. The Kier molecular flexibility index (Phi) is 2.76. The van der Waals surface area contributed by atoms with E-state index in [9.17, 15) is 0 Å². The van der Waals surface area contributed by atoms with Gasteiger partial charge in [0, 0.05) is 12.5 Å². The third-order valence-corrected chi connectivity index (χ3v) is 2.75. The quantitative estimate of drug-likeness (QED) is 0.445. The molecule has 2 aliphatic heterocycles. The third-order valence-electron chi connectivity index (χ3n) is 2.75. The summed E-state index contributed by atoms with van der Waals surface area (Å²) < 4.78 is 7.98. The van der Waals surface area contributed by atoms with E-state index in [2.05, 4.69) is 28.8 Å². The Labute approximate surface area is 101 Å². The predicted octanol–water partition coefficient (Wildman–Crippen LogP) is -0.943. The van der Waals surface area contributed by atoms with Crippen LogP contribution >= 0.6 is 0 Å². The van der Waals surface area contributed by atoms with Crippen LogP contribution in [-0.4, -0.2) is 17.0 Å². The highest BCUT2D eigenvalue weighted by Crippen LogP contribution is 2.27. The first kappa shape index (κ1) is 9.96. The maximum absolute atomic E-state index is 5.67. The van der Waals surface area contributed by atoms with Crippen molar-refractivity contribution >= 4 is 11.6 Å². The molecule has 0 N–H and O–H groups in total. The van der Waals surface area contributed by atoms with Gasteiger partial charge in [-0.3, -0.25) is 0 Å². The van der Waals surface area contributed by atoms with Crippen molar-refractivity contribution in [2.45, 2.75) is 19.4 Å². The van der Waals surface area contributed by atoms with E-state index in [0.29, 0.717) is 0 Å². The minimum absolute atomic E-state index is 0. The number of fused-ring (bicyclic) bond motifs is 2. The van der Waals surface area contributed by atoms with Gasteiger partial charge in [-0.1, -0.05) is 12.1 Å². The van der Waals surface area contributed by atoms with Crippen molar-refractivity contribution < 1.29 is 33.3 Å². The number of nitrogens with zero attached hydrogens (tertiary/aromatic N) is 1. The van der Waals surface area contributed by atoms with Crippen LogP contribution in [0.1, 0.15) is 18.4 Å². The Morgan fingerprint density at radius 1 is 1.21 bits per heavy atom. The Morgan fingerprint density at radius 3 is 3.00 bits per heavy atom. The SMILES string of the molecule is [I-].c1ccc2c(c1)COC1=[N+]2CCC1. The Balaban J connectivity index is 0.000000750. The number of ether oxygens (including phenoxy) is 1. The molecule has 14 heavy (non-hydrogen) atoms. The lowest BCUT2D eigenvalue weighted by Crippen LogP contribution is -3.00. The van der Waals surface area contributed by atoms with E-state index in [1.807, 2.05) is 0 Å². The molecular weight excluding hydrogens is 289 g/mol. The average Bonchev–Trinajstić information content (AvgIpc) is 2.65. The fourth-order valence-electron chi connectivity index (χ4n) is 2.11. The molecule has 0 amide bonds. The van der Waals surface area contributed by atoms with Gasteiger partial charge >= 0.3 is 5.90 Å². The van der Waals surface area contributed by atoms with Gasteiger partial charge in [0.25, 0.3) is 0 Å². The second kappa shape index (κ2) is 3.88. The van der Waals surface area contributed by atoms with E-state index in [-0.39, 0.29) is 24.0 Å². The summed E-state index contributed by atoms with van der Waals surface area (Å²) in [5.41, 5.74) is 2.66. The van der Waals surface area contributed by atoms with E-state index in [0.717, 1.165) is 19.6 Å². The van der Waals surface area contributed by atoms with Gasteiger partial charge in [0.2, 0.25) is 5.69 Å². The van der Waals surface area contributed by atoms with Crippen LogP contribution < -0.4 is 24.0 Å². The summed E-state index contributed by atoms with van der Waals surface area (Å²) >= 11 is 0. The highest BCUT2D eigenvalue weighted by atomic mass is 127. The number of halogens is 1. The lowest BCUT2D eigenvalue weighted by Gasteiger charge is -2.12. The number of rotatable bonds is 0. The molecule has 3 heteroatoms. The zero-order valence-electron chi connectivity index (χ0n) is 7.87. The van der Waals surface area contributed by atoms with E-state index in [4.69, 9.17) is 4.74 Å². The molecule has 0 saturated carbocycles. The summed E-state index contributed by atoms with van der Waals surface area (Å²) in [5.74, 6) is 1.17. The van der Waals surface area contributed by atoms with Gasteiger partial charge in [-0.25, -0.2) is 0 Å². The van der Waals surface area contributed by atoms with Crippen molar-refractivity contribution in [2.75, 3.05) is 6.54 Å². The summed E-state index contributed by atoms with van der Waals surface area (Å²) in [6, 6.07) is 8.50. The fraction of sp³-hybridized carbons (Fsp3) is 0.364. The van der Waals surface area contributed by atoms with E-state index < -0.39 is 0 Å². The first-order valence-electron chi connectivity index (χ1n) is 4.79. The summed E-state index contributed by atoms with van der Waals surface area (Å²) in [4.78, 5) is 0. The fourth-order valence-corrected chi connectivity index (χ4v) is 2.11. The molecule has 2 heterocycles. The van der Waals surface area contributed by atoms with Gasteiger partial charge in [-0.2, -0.15) is 4.58 Å². The lowest BCUT2D eigenvalue weighted by atomic mass is 10.1. The third kappa shape index (κ3) is 1.43. The minimum Gasteiger partial charge on any atom is -1.00 e. The first-order chi connectivity index (χ1) is 6.45. The summed E-state index contributed by atoms with van der Waals surface area (Å²) in [6.45, 7) is 1.87. The predicted molar refractivity (Wildman–Crippen MR) is 50.3 cm³/mol. The van der Waals surface area contributed by atoms with Crippen molar-refractivity contribution in [1.29, 1.82) is 0 Å². The molecule has 0 aromatic heterocycles. The average molecular weight is 301 g/mol. The normalized spacial score (nSPS) is 18.0. The van der Waals surface area contributed by atoms with Gasteiger partial charge in [-0.15, -0.1) is 0 Å². The van der Waals surface area contributed by atoms with Crippen LogP contribution in [0.25, 0.3) is 0 Å². The summed E-state index contributed by atoms with van der Waals surface area (Å²) in [5, 5.41) is 0. The van der Waals surface area contributed by atoms with Crippen molar-refractivity contribution in [3.05, 3.63) is 29.8 Å². The van der Waals surface area contributed by atoms with Gasteiger partial charge in [0.15, 0.2) is 6.54 Å². The smallest absolute Gasteiger partial charge is 0.342 e. The number of hydrogen-bond acceptors (Lipinski definition) is 1. The molecule has 2 aliphatic rings. The zero-order chi connectivity index (χ0) is 8.67. The molecule has 1 aromatic rings. The van der Waals surface area contributed by atoms with Gasteiger partial charge in [-0.05, 0) is 6.07 Å². The molecule has 74 valence electrons.